The van der Waals surface area contributed by atoms with Gasteiger partial charge in [-0.1, -0.05) is 24.3 Å². The molecule has 1 aromatic rings. The molecule has 19 heavy (non-hydrogen) atoms. The van der Waals surface area contributed by atoms with Gasteiger partial charge in [-0.15, -0.1) is 0 Å². The van der Waals surface area contributed by atoms with Crippen molar-refractivity contribution in [1.82, 2.24) is 0 Å². The van der Waals surface area contributed by atoms with E-state index in [0.29, 0.717) is 11.1 Å². The van der Waals surface area contributed by atoms with Crippen molar-refractivity contribution in [2.24, 2.45) is 11.5 Å². The van der Waals surface area contributed by atoms with Crippen molar-refractivity contribution in [3.05, 3.63) is 35.4 Å². The second-order valence-electron chi connectivity index (χ2n) is 4.20. The minimum atomic E-state index is -1.41. The minimum absolute atomic E-state index is 0.149. The van der Waals surface area contributed by atoms with Crippen LogP contribution in [-0.4, -0.2) is 39.3 Å². The average molecular weight is 268 g/mol. The van der Waals surface area contributed by atoms with Crippen LogP contribution in [0.3, 0.4) is 0 Å². The largest absolute Gasteiger partial charge is 0.480 e. The fourth-order valence-electron chi connectivity index (χ4n) is 1.53. The highest BCUT2D eigenvalue weighted by Crippen LogP contribution is 2.17. The molecule has 0 aromatic heterocycles. The van der Waals surface area contributed by atoms with Crippen LogP contribution in [0.15, 0.2) is 24.3 Å². The molecule has 0 saturated carbocycles. The lowest BCUT2D eigenvalue weighted by atomic mass is 9.99. The highest BCUT2D eigenvalue weighted by molar-refractivity contribution is 5.74. The molecular formula is C12H16N2O5. The number of carboxylic acid groups (broad SMARTS) is 2. The van der Waals surface area contributed by atoms with E-state index in [1.165, 1.54) is 12.1 Å². The third-order valence-corrected chi connectivity index (χ3v) is 2.72. The molecule has 0 saturated heterocycles. The molecule has 0 spiro atoms. The summed E-state index contributed by atoms with van der Waals surface area (Å²) in [6.45, 7) is 0. The first-order valence-electron chi connectivity index (χ1n) is 5.56. The van der Waals surface area contributed by atoms with Crippen molar-refractivity contribution in [2.75, 3.05) is 0 Å². The fraction of sp³-hybridized carbons (Fsp3) is 0.333. The van der Waals surface area contributed by atoms with Crippen LogP contribution in [-0.2, 0) is 16.0 Å². The highest BCUT2D eigenvalue weighted by Gasteiger charge is 2.23. The number of aliphatic hydroxyl groups is 1. The minimum Gasteiger partial charge on any atom is -0.480 e. The Morgan fingerprint density at radius 3 is 2.00 bits per heavy atom. The van der Waals surface area contributed by atoms with Gasteiger partial charge in [0.1, 0.15) is 18.2 Å². The van der Waals surface area contributed by atoms with E-state index >= 15 is 0 Å². The standard InChI is InChI=1S/C12H16N2O5/c13-8(11(16)17)5-6-1-3-7(4-2-6)10(15)9(14)12(18)19/h1-4,8-10,15H,5,13-14H2,(H,16,17)(H,18,19)/t8-,9-,10+/m0/s1. The van der Waals surface area contributed by atoms with Crippen molar-refractivity contribution in [3.63, 3.8) is 0 Å². The average Bonchev–Trinajstić information content (AvgIpc) is 2.37. The quantitative estimate of drug-likeness (QED) is 0.448. The summed E-state index contributed by atoms with van der Waals surface area (Å²) >= 11 is 0. The van der Waals surface area contributed by atoms with Crippen LogP contribution in [0.2, 0.25) is 0 Å². The molecule has 3 atom stereocenters. The molecule has 0 unspecified atom stereocenters. The Hall–Kier alpha value is -1.96. The molecule has 0 fully saturated rings. The number of nitrogens with two attached hydrogens (primary N) is 2. The second kappa shape index (κ2) is 6.28. The number of hydrogen-bond acceptors (Lipinski definition) is 5. The van der Waals surface area contributed by atoms with Crippen LogP contribution >= 0.6 is 0 Å². The number of aliphatic hydroxyl groups excluding tert-OH is 1. The van der Waals surface area contributed by atoms with E-state index in [0.717, 1.165) is 0 Å². The second-order valence-corrected chi connectivity index (χ2v) is 4.20. The van der Waals surface area contributed by atoms with E-state index in [1.807, 2.05) is 0 Å². The van der Waals surface area contributed by atoms with Gasteiger partial charge in [-0.3, -0.25) is 9.59 Å². The van der Waals surface area contributed by atoms with Gasteiger partial charge in [-0.25, -0.2) is 0 Å². The lowest BCUT2D eigenvalue weighted by molar-refractivity contribution is -0.141. The summed E-state index contributed by atoms with van der Waals surface area (Å²) in [6.07, 6.45) is -1.17. The van der Waals surface area contributed by atoms with Crippen LogP contribution in [0.25, 0.3) is 0 Å². The van der Waals surface area contributed by atoms with E-state index < -0.39 is 30.1 Å². The summed E-state index contributed by atoms with van der Waals surface area (Å²) in [5.41, 5.74) is 11.7. The van der Waals surface area contributed by atoms with Gasteiger partial charge in [0.15, 0.2) is 0 Å². The van der Waals surface area contributed by atoms with E-state index in [9.17, 15) is 14.7 Å². The van der Waals surface area contributed by atoms with Gasteiger partial charge >= 0.3 is 11.9 Å². The maximum absolute atomic E-state index is 10.6. The smallest absolute Gasteiger partial charge is 0.323 e. The van der Waals surface area contributed by atoms with Crippen LogP contribution in [0.1, 0.15) is 17.2 Å². The first-order chi connectivity index (χ1) is 8.82. The molecular weight excluding hydrogens is 252 g/mol. The van der Waals surface area contributed by atoms with Gasteiger partial charge < -0.3 is 26.8 Å². The van der Waals surface area contributed by atoms with Crippen LogP contribution < -0.4 is 11.5 Å². The molecule has 0 bridgehead atoms. The molecule has 7 N–H and O–H groups in total. The molecule has 7 nitrogen and oxygen atoms in total. The third-order valence-electron chi connectivity index (χ3n) is 2.72. The van der Waals surface area contributed by atoms with Crippen molar-refractivity contribution >= 4 is 11.9 Å². The van der Waals surface area contributed by atoms with E-state index in [1.54, 1.807) is 12.1 Å². The zero-order chi connectivity index (χ0) is 14.6. The summed E-state index contributed by atoms with van der Waals surface area (Å²) in [4.78, 5) is 21.2. The van der Waals surface area contributed by atoms with Crippen molar-refractivity contribution < 1.29 is 24.9 Å². The summed E-state index contributed by atoms with van der Waals surface area (Å²) in [6, 6.07) is 3.74. The fourth-order valence-corrected chi connectivity index (χ4v) is 1.53. The van der Waals surface area contributed by atoms with Gasteiger partial charge in [0.25, 0.3) is 0 Å². The number of rotatable bonds is 6. The first-order valence-corrected chi connectivity index (χ1v) is 5.56. The maximum Gasteiger partial charge on any atom is 0.323 e. The van der Waals surface area contributed by atoms with Gasteiger partial charge in [0.2, 0.25) is 0 Å². The van der Waals surface area contributed by atoms with Crippen LogP contribution in [0, 0.1) is 0 Å². The normalized spacial score (nSPS) is 15.5. The highest BCUT2D eigenvalue weighted by atomic mass is 16.4. The Labute approximate surface area is 109 Å². The first kappa shape index (κ1) is 15.1. The Balaban J connectivity index is 2.76. The van der Waals surface area contributed by atoms with Crippen LogP contribution in [0.4, 0.5) is 0 Å². The summed E-state index contributed by atoms with van der Waals surface area (Å²) in [5, 5.41) is 27.1. The van der Waals surface area contributed by atoms with Crippen molar-refractivity contribution in [3.8, 4) is 0 Å². The zero-order valence-electron chi connectivity index (χ0n) is 10.1. The van der Waals surface area contributed by atoms with E-state index in [4.69, 9.17) is 21.7 Å². The Morgan fingerprint density at radius 1 is 1.05 bits per heavy atom. The predicted molar refractivity (Wildman–Crippen MR) is 66.3 cm³/mol. The molecule has 0 aliphatic rings. The van der Waals surface area contributed by atoms with E-state index in [2.05, 4.69) is 0 Å². The van der Waals surface area contributed by atoms with Gasteiger partial charge in [-0.05, 0) is 17.5 Å². The number of aliphatic carboxylic acids is 2. The zero-order valence-corrected chi connectivity index (χ0v) is 10.1. The molecule has 0 amide bonds. The monoisotopic (exact) mass is 268 g/mol. The number of carboxylic acids is 2. The summed E-state index contributed by atoms with van der Waals surface area (Å²) in [5.74, 6) is -2.40. The van der Waals surface area contributed by atoms with Crippen molar-refractivity contribution in [1.29, 1.82) is 0 Å². The Morgan fingerprint density at radius 2 is 1.58 bits per heavy atom. The molecule has 0 heterocycles. The maximum atomic E-state index is 10.6. The molecule has 1 rings (SSSR count). The van der Waals surface area contributed by atoms with Gasteiger partial charge in [0.05, 0.1) is 0 Å². The van der Waals surface area contributed by atoms with Gasteiger partial charge in [-0.2, -0.15) is 0 Å². The molecule has 0 aliphatic heterocycles. The Kier molecular flexibility index (Phi) is 4.99. The van der Waals surface area contributed by atoms with Crippen molar-refractivity contribution in [2.45, 2.75) is 24.6 Å². The SMILES string of the molecule is N[C@H](C(=O)O)[C@H](O)c1ccc(C[C@H](N)C(=O)O)cc1. The number of benzene rings is 1. The topological polar surface area (TPSA) is 147 Å². The lowest BCUT2D eigenvalue weighted by Gasteiger charge is -2.15. The van der Waals surface area contributed by atoms with Gasteiger partial charge in [0, 0.05) is 0 Å². The molecule has 1 aromatic carbocycles. The third kappa shape index (κ3) is 4.02. The molecule has 0 radical (unpaired) electrons. The number of hydrogen-bond donors (Lipinski definition) is 5. The summed E-state index contributed by atoms with van der Waals surface area (Å²) in [7, 11) is 0. The molecule has 104 valence electrons. The molecule has 0 aliphatic carbocycles. The number of carbonyl (C=O) groups is 2. The van der Waals surface area contributed by atoms with Crippen LogP contribution in [0.5, 0.6) is 0 Å². The predicted octanol–water partition coefficient (Wildman–Crippen LogP) is -0.914. The molecule has 7 heteroatoms. The summed E-state index contributed by atoms with van der Waals surface area (Å²) < 4.78 is 0. The lowest BCUT2D eigenvalue weighted by Crippen LogP contribution is -2.36. The Bertz CT molecular complexity index is 460. The van der Waals surface area contributed by atoms with E-state index in [-0.39, 0.29) is 6.42 Å².